The molecule has 1 aliphatic rings. The number of thiophene rings is 1. The second-order valence-corrected chi connectivity index (χ2v) is 6.79. The van der Waals surface area contributed by atoms with Crippen LogP contribution in [0, 0.1) is 0 Å². The first kappa shape index (κ1) is 16.5. The quantitative estimate of drug-likeness (QED) is 0.849. The Morgan fingerprint density at radius 3 is 3.05 bits per heavy atom. The lowest BCUT2D eigenvalue weighted by atomic mass is 9.96. The fraction of sp³-hybridized carbons (Fsp3) is 0.688. The van der Waals surface area contributed by atoms with Crippen molar-refractivity contribution in [1.82, 2.24) is 10.2 Å². The zero-order chi connectivity index (χ0) is 15.2. The highest BCUT2D eigenvalue weighted by atomic mass is 32.1. The molecule has 1 saturated heterocycles. The van der Waals surface area contributed by atoms with Gasteiger partial charge in [0.25, 0.3) is 0 Å². The average molecular weight is 310 g/mol. The molecular weight excluding hydrogens is 284 g/mol. The van der Waals surface area contributed by atoms with Crippen molar-refractivity contribution in [1.29, 1.82) is 0 Å². The molecule has 4 nitrogen and oxygen atoms in total. The Morgan fingerprint density at radius 1 is 1.57 bits per heavy atom. The van der Waals surface area contributed by atoms with Crippen LogP contribution in [0.25, 0.3) is 0 Å². The van der Waals surface area contributed by atoms with Crippen LogP contribution in [0.15, 0.2) is 17.5 Å². The van der Waals surface area contributed by atoms with Crippen molar-refractivity contribution in [2.45, 2.75) is 57.7 Å². The summed E-state index contributed by atoms with van der Waals surface area (Å²) in [7, 11) is 0. The van der Waals surface area contributed by atoms with E-state index in [0.717, 1.165) is 32.2 Å². The number of likely N-dealkylation sites (tertiary alicyclic amines) is 1. The molecule has 1 aliphatic heterocycles. The Labute approximate surface area is 131 Å². The lowest BCUT2D eigenvalue weighted by Crippen LogP contribution is -2.50. The summed E-state index contributed by atoms with van der Waals surface area (Å²) in [6, 6.07) is 4.23. The summed E-state index contributed by atoms with van der Waals surface area (Å²) < 4.78 is 0. The van der Waals surface area contributed by atoms with Gasteiger partial charge < -0.3 is 10.4 Å². The molecule has 2 heterocycles. The lowest BCUT2D eigenvalue weighted by Gasteiger charge is -2.37. The van der Waals surface area contributed by atoms with Crippen LogP contribution in [-0.4, -0.2) is 41.1 Å². The first-order valence-corrected chi connectivity index (χ1v) is 8.74. The number of piperidine rings is 1. The molecule has 2 rings (SSSR count). The van der Waals surface area contributed by atoms with Crippen molar-refractivity contribution in [3.8, 4) is 0 Å². The number of hydrogen-bond acceptors (Lipinski definition) is 4. The van der Waals surface area contributed by atoms with Crippen LogP contribution >= 0.6 is 11.3 Å². The maximum absolute atomic E-state index is 12.2. The first-order valence-electron chi connectivity index (χ1n) is 7.86. The summed E-state index contributed by atoms with van der Waals surface area (Å²) in [6.07, 6.45) is 3.66. The van der Waals surface area contributed by atoms with Crippen LogP contribution in [0.4, 0.5) is 0 Å². The molecule has 1 fully saturated rings. The zero-order valence-electron chi connectivity index (χ0n) is 12.9. The molecule has 1 amide bonds. The normalized spacial score (nSPS) is 22.7. The minimum Gasteiger partial charge on any atom is -0.392 e. The van der Waals surface area contributed by atoms with Crippen molar-refractivity contribution in [3.63, 3.8) is 0 Å². The Bertz CT molecular complexity index is 435. The van der Waals surface area contributed by atoms with E-state index in [-0.39, 0.29) is 24.1 Å². The monoisotopic (exact) mass is 310 g/mol. The minimum absolute atomic E-state index is 0.0473. The molecular formula is C16H26N2O2S. The predicted octanol–water partition coefficient (Wildman–Crippen LogP) is 2.55. The highest BCUT2D eigenvalue weighted by Gasteiger charge is 2.29. The molecule has 1 aromatic heterocycles. The van der Waals surface area contributed by atoms with E-state index in [0.29, 0.717) is 6.54 Å². The molecule has 5 heteroatoms. The van der Waals surface area contributed by atoms with E-state index in [4.69, 9.17) is 0 Å². The van der Waals surface area contributed by atoms with Crippen LogP contribution in [-0.2, 0) is 4.79 Å². The number of carbonyl (C=O) groups is 1. The molecule has 3 atom stereocenters. The Hall–Kier alpha value is -0.910. The van der Waals surface area contributed by atoms with Gasteiger partial charge in [-0.2, -0.15) is 0 Å². The number of rotatable bonds is 6. The molecule has 0 spiro atoms. The molecule has 0 aliphatic carbocycles. The summed E-state index contributed by atoms with van der Waals surface area (Å²) >= 11 is 1.66. The van der Waals surface area contributed by atoms with Gasteiger partial charge in [0, 0.05) is 10.9 Å². The maximum atomic E-state index is 12.2. The maximum Gasteiger partial charge on any atom is 0.234 e. The molecule has 0 saturated carbocycles. The average Bonchev–Trinajstić information content (AvgIpc) is 3.01. The van der Waals surface area contributed by atoms with E-state index >= 15 is 0 Å². The molecule has 0 aromatic carbocycles. The van der Waals surface area contributed by atoms with Gasteiger partial charge in [-0.15, -0.1) is 11.3 Å². The van der Waals surface area contributed by atoms with Crippen molar-refractivity contribution >= 4 is 17.2 Å². The third-order valence-corrected chi connectivity index (χ3v) is 5.28. The van der Waals surface area contributed by atoms with Gasteiger partial charge in [0.2, 0.25) is 5.91 Å². The number of aliphatic hydroxyl groups excluding tert-OH is 1. The number of amides is 1. The van der Waals surface area contributed by atoms with Gasteiger partial charge >= 0.3 is 0 Å². The topological polar surface area (TPSA) is 52.6 Å². The van der Waals surface area contributed by atoms with E-state index in [1.807, 2.05) is 31.4 Å². The molecule has 21 heavy (non-hydrogen) atoms. The first-order chi connectivity index (χ1) is 10.1. The summed E-state index contributed by atoms with van der Waals surface area (Å²) in [6.45, 7) is 5.30. The molecule has 1 aromatic rings. The third kappa shape index (κ3) is 4.53. The number of hydrogen-bond donors (Lipinski definition) is 2. The fourth-order valence-electron chi connectivity index (χ4n) is 3.00. The number of nitrogens with zero attached hydrogens (tertiary/aromatic N) is 1. The van der Waals surface area contributed by atoms with Gasteiger partial charge in [-0.05, 0) is 44.2 Å². The van der Waals surface area contributed by atoms with E-state index in [1.165, 1.54) is 4.88 Å². The Balaban J connectivity index is 1.88. The number of aliphatic hydroxyl groups is 1. The minimum atomic E-state index is -0.326. The molecule has 2 N–H and O–H groups in total. The number of carbonyl (C=O) groups excluding carboxylic acids is 1. The zero-order valence-corrected chi connectivity index (χ0v) is 13.7. The van der Waals surface area contributed by atoms with Crippen LogP contribution in [0.5, 0.6) is 0 Å². The van der Waals surface area contributed by atoms with Gasteiger partial charge in [-0.1, -0.05) is 19.4 Å². The standard InChI is InChI=1S/C16H26N2O2S/c1-3-14(19)13-7-4-5-9-18(13)11-16(20)17-12(2)15-8-6-10-21-15/h6,8,10,12-14,19H,3-5,7,9,11H2,1-2H3,(H,17,20). The van der Waals surface area contributed by atoms with Gasteiger partial charge in [-0.3, -0.25) is 9.69 Å². The summed E-state index contributed by atoms with van der Waals surface area (Å²) in [5.74, 6) is 0.0473. The van der Waals surface area contributed by atoms with Crippen molar-refractivity contribution in [2.75, 3.05) is 13.1 Å². The largest absolute Gasteiger partial charge is 0.392 e. The van der Waals surface area contributed by atoms with Crippen LogP contribution in [0.2, 0.25) is 0 Å². The summed E-state index contributed by atoms with van der Waals surface area (Å²) in [5.41, 5.74) is 0. The fourth-order valence-corrected chi connectivity index (χ4v) is 3.74. The van der Waals surface area contributed by atoms with Crippen molar-refractivity contribution in [3.05, 3.63) is 22.4 Å². The van der Waals surface area contributed by atoms with Gasteiger partial charge in [0.05, 0.1) is 18.7 Å². The van der Waals surface area contributed by atoms with Gasteiger partial charge in [0.15, 0.2) is 0 Å². The second kappa shape index (κ2) is 7.92. The van der Waals surface area contributed by atoms with Crippen molar-refractivity contribution < 1.29 is 9.90 Å². The molecule has 3 unspecified atom stereocenters. The SMILES string of the molecule is CCC(O)C1CCCCN1CC(=O)NC(C)c1cccs1. The Kier molecular flexibility index (Phi) is 6.21. The molecule has 0 radical (unpaired) electrons. The second-order valence-electron chi connectivity index (χ2n) is 5.81. The third-order valence-electron chi connectivity index (χ3n) is 4.22. The van der Waals surface area contributed by atoms with E-state index in [2.05, 4.69) is 10.2 Å². The lowest BCUT2D eigenvalue weighted by molar-refractivity contribution is -0.124. The van der Waals surface area contributed by atoms with Crippen LogP contribution in [0.3, 0.4) is 0 Å². The van der Waals surface area contributed by atoms with Crippen LogP contribution < -0.4 is 5.32 Å². The van der Waals surface area contributed by atoms with Gasteiger partial charge in [0.1, 0.15) is 0 Å². The highest BCUT2D eigenvalue weighted by molar-refractivity contribution is 7.10. The summed E-state index contributed by atoms with van der Waals surface area (Å²) in [4.78, 5) is 15.6. The predicted molar refractivity (Wildman–Crippen MR) is 86.4 cm³/mol. The Morgan fingerprint density at radius 2 is 2.38 bits per heavy atom. The molecule has 118 valence electrons. The van der Waals surface area contributed by atoms with Crippen molar-refractivity contribution in [2.24, 2.45) is 0 Å². The number of nitrogens with one attached hydrogen (secondary N) is 1. The van der Waals surface area contributed by atoms with E-state index in [1.54, 1.807) is 11.3 Å². The highest BCUT2D eigenvalue weighted by Crippen LogP contribution is 2.22. The summed E-state index contributed by atoms with van der Waals surface area (Å²) in [5, 5.41) is 15.2. The molecule has 0 bridgehead atoms. The van der Waals surface area contributed by atoms with Crippen LogP contribution in [0.1, 0.15) is 50.4 Å². The van der Waals surface area contributed by atoms with E-state index < -0.39 is 0 Å². The smallest absolute Gasteiger partial charge is 0.234 e. The van der Waals surface area contributed by atoms with E-state index in [9.17, 15) is 9.90 Å². The van der Waals surface area contributed by atoms with Gasteiger partial charge in [-0.25, -0.2) is 0 Å².